The van der Waals surface area contributed by atoms with E-state index in [0.29, 0.717) is 54.8 Å². The van der Waals surface area contributed by atoms with E-state index in [0.717, 1.165) is 5.56 Å². The standard InChI is InChI=1S/C25H26N4O4S/c1-17(30)26-15-20-8-9-22(33-20)21-16-34-25(27-21)28-24(32)19-11-13-29(14-12-19)23(31)10-7-18-5-3-2-4-6-18/h2-10,16,19H,11-15H2,1H3,(H,26,30)(H,27,28,32)/b10-7+. The Kier molecular flexibility index (Phi) is 7.54. The number of likely N-dealkylation sites (tertiary alicyclic amines) is 1. The van der Waals surface area contributed by atoms with Crippen molar-refractivity contribution < 1.29 is 18.8 Å². The van der Waals surface area contributed by atoms with Crippen LogP contribution in [0.2, 0.25) is 0 Å². The van der Waals surface area contributed by atoms with E-state index in [4.69, 9.17) is 4.42 Å². The van der Waals surface area contributed by atoms with E-state index in [9.17, 15) is 14.4 Å². The number of amides is 3. The molecule has 0 radical (unpaired) electrons. The summed E-state index contributed by atoms with van der Waals surface area (Å²) in [5.74, 6) is 0.788. The quantitative estimate of drug-likeness (QED) is 0.501. The molecule has 1 aromatic carbocycles. The first-order valence-corrected chi connectivity index (χ1v) is 12.0. The van der Waals surface area contributed by atoms with Crippen molar-refractivity contribution in [3.8, 4) is 11.5 Å². The number of carbonyl (C=O) groups excluding carboxylic acids is 3. The minimum Gasteiger partial charge on any atom is -0.458 e. The molecule has 0 saturated carbocycles. The topological polar surface area (TPSA) is 105 Å². The highest BCUT2D eigenvalue weighted by atomic mass is 32.1. The van der Waals surface area contributed by atoms with Crippen LogP contribution in [-0.4, -0.2) is 40.7 Å². The number of hydrogen-bond donors (Lipinski definition) is 2. The Balaban J connectivity index is 1.26. The molecule has 0 aliphatic carbocycles. The second-order valence-electron chi connectivity index (χ2n) is 8.05. The van der Waals surface area contributed by atoms with Gasteiger partial charge in [-0.15, -0.1) is 11.3 Å². The van der Waals surface area contributed by atoms with E-state index >= 15 is 0 Å². The van der Waals surface area contributed by atoms with Crippen molar-refractivity contribution >= 4 is 40.3 Å². The molecule has 3 heterocycles. The van der Waals surface area contributed by atoms with Gasteiger partial charge in [-0.1, -0.05) is 30.3 Å². The molecule has 0 bridgehead atoms. The number of hydrogen-bond acceptors (Lipinski definition) is 6. The Morgan fingerprint density at radius 3 is 2.65 bits per heavy atom. The summed E-state index contributed by atoms with van der Waals surface area (Å²) in [5.41, 5.74) is 1.60. The lowest BCUT2D eigenvalue weighted by atomic mass is 9.96. The maximum atomic E-state index is 12.7. The van der Waals surface area contributed by atoms with Crippen molar-refractivity contribution in [3.63, 3.8) is 0 Å². The molecule has 176 valence electrons. The number of benzene rings is 1. The number of aromatic nitrogens is 1. The number of nitrogens with zero attached hydrogens (tertiary/aromatic N) is 2. The van der Waals surface area contributed by atoms with Crippen molar-refractivity contribution in [2.24, 2.45) is 5.92 Å². The zero-order chi connectivity index (χ0) is 23.9. The Labute approximate surface area is 201 Å². The maximum absolute atomic E-state index is 12.7. The Hall–Kier alpha value is -3.72. The first-order chi connectivity index (χ1) is 16.5. The van der Waals surface area contributed by atoms with E-state index in [1.54, 1.807) is 23.1 Å². The monoisotopic (exact) mass is 478 g/mol. The van der Waals surface area contributed by atoms with Gasteiger partial charge in [0, 0.05) is 37.4 Å². The molecule has 1 fully saturated rings. The van der Waals surface area contributed by atoms with Gasteiger partial charge in [0.2, 0.25) is 17.7 Å². The molecule has 9 heteroatoms. The number of rotatable bonds is 7. The predicted molar refractivity (Wildman–Crippen MR) is 131 cm³/mol. The van der Waals surface area contributed by atoms with Crippen LogP contribution in [0.3, 0.4) is 0 Å². The minimum atomic E-state index is -0.164. The molecular weight excluding hydrogens is 452 g/mol. The minimum absolute atomic E-state index is 0.0383. The lowest BCUT2D eigenvalue weighted by Crippen LogP contribution is -2.40. The molecule has 1 saturated heterocycles. The number of thiazole rings is 1. The van der Waals surface area contributed by atoms with Gasteiger partial charge in [-0.3, -0.25) is 14.4 Å². The van der Waals surface area contributed by atoms with E-state index < -0.39 is 0 Å². The fourth-order valence-electron chi connectivity index (χ4n) is 3.67. The van der Waals surface area contributed by atoms with Crippen molar-refractivity contribution in [3.05, 3.63) is 65.2 Å². The largest absolute Gasteiger partial charge is 0.458 e. The highest BCUT2D eigenvalue weighted by Crippen LogP contribution is 2.28. The summed E-state index contributed by atoms with van der Waals surface area (Å²) in [6, 6.07) is 13.3. The molecule has 3 amide bonds. The van der Waals surface area contributed by atoms with Crippen LogP contribution in [0.1, 0.15) is 31.1 Å². The second-order valence-corrected chi connectivity index (χ2v) is 8.90. The third-order valence-electron chi connectivity index (χ3n) is 5.56. The van der Waals surface area contributed by atoms with Gasteiger partial charge in [0.15, 0.2) is 10.9 Å². The SMILES string of the molecule is CC(=O)NCc1ccc(-c2csc(NC(=O)C3CCN(C(=O)/C=C/c4ccccc4)CC3)n2)o1. The second kappa shape index (κ2) is 10.9. The van der Waals surface area contributed by atoms with Gasteiger partial charge in [-0.05, 0) is 36.6 Å². The highest BCUT2D eigenvalue weighted by molar-refractivity contribution is 7.14. The molecule has 4 rings (SSSR count). The summed E-state index contributed by atoms with van der Waals surface area (Å²) in [7, 11) is 0. The first kappa shape index (κ1) is 23.4. The van der Waals surface area contributed by atoms with E-state index in [2.05, 4.69) is 15.6 Å². The first-order valence-electron chi connectivity index (χ1n) is 11.1. The molecule has 0 unspecified atom stereocenters. The average Bonchev–Trinajstić information content (AvgIpc) is 3.51. The Morgan fingerprint density at radius 2 is 1.91 bits per heavy atom. The molecule has 8 nitrogen and oxygen atoms in total. The van der Waals surface area contributed by atoms with Gasteiger partial charge in [-0.25, -0.2) is 4.98 Å². The lowest BCUT2D eigenvalue weighted by molar-refractivity contribution is -0.130. The molecule has 1 aliphatic rings. The van der Waals surface area contributed by atoms with Gasteiger partial charge < -0.3 is 20.0 Å². The van der Waals surface area contributed by atoms with Crippen LogP contribution in [0.15, 0.2) is 58.3 Å². The maximum Gasteiger partial charge on any atom is 0.246 e. The predicted octanol–water partition coefficient (Wildman–Crippen LogP) is 3.93. The average molecular weight is 479 g/mol. The van der Waals surface area contributed by atoms with Crippen LogP contribution in [-0.2, 0) is 20.9 Å². The number of nitrogens with one attached hydrogen (secondary N) is 2. The Morgan fingerprint density at radius 1 is 1.15 bits per heavy atom. The molecule has 0 spiro atoms. The van der Waals surface area contributed by atoms with Crippen LogP contribution < -0.4 is 10.6 Å². The zero-order valence-corrected chi connectivity index (χ0v) is 19.6. The molecule has 2 N–H and O–H groups in total. The molecule has 34 heavy (non-hydrogen) atoms. The van der Waals surface area contributed by atoms with Crippen molar-refractivity contribution in [1.29, 1.82) is 0 Å². The van der Waals surface area contributed by atoms with Gasteiger partial charge >= 0.3 is 0 Å². The fraction of sp³-hybridized carbons (Fsp3) is 0.280. The third kappa shape index (κ3) is 6.20. The summed E-state index contributed by atoms with van der Waals surface area (Å²) < 4.78 is 5.71. The smallest absolute Gasteiger partial charge is 0.246 e. The van der Waals surface area contributed by atoms with E-state index in [1.165, 1.54) is 18.3 Å². The third-order valence-corrected chi connectivity index (χ3v) is 6.31. The highest BCUT2D eigenvalue weighted by Gasteiger charge is 2.27. The van der Waals surface area contributed by atoms with Crippen LogP contribution >= 0.6 is 11.3 Å². The van der Waals surface area contributed by atoms with Crippen LogP contribution in [0, 0.1) is 5.92 Å². The number of furan rings is 1. The fourth-order valence-corrected chi connectivity index (χ4v) is 4.38. The summed E-state index contributed by atoms with van der Waals surface area (Å²) in [6.07, 6.45) is 4.62. The van der Waals surface area contributed by atoms with Crippen molar-refractivity contribution in [2.45, 2.75) is 26.3 Å². The van der Waals surface area contributed by atoms with Gasteiger partial charge in [0.25, 0.3) is 0 Å². The normalized spacial score (nSPS) is 14.3. The lowest BCUT2D eigenvalue weighted by Gasteiger charge is -2.30. The van der Waals surface area contributed by atoms with Crippen LogP contribution in [0.5, 0.6) is 0 Å². The van der Waals surface area contributed by atoms with Crippen molar-refractivity contribution in [1.82, 2.24) is 15.2 Å². The summed E-state index contributed by atoms with van der Waals surface area (Å²) >= 11 is 1.33. The number of anilines is 1. The molecule has 3 aromatic rings. The van der Waals surface area contributed by atoms with E-state index in [1.807, 2.05) is 41.8 Å². The summed E-state index contributed by atoms with van der Waals surface area (Å²) in [6.45, 7) is 2.85. The molecule has 1 aliphatic heterocycles. The molecule has 2 aromatic heterocycles. The van der Waals surface area contributed by atoms with E-state index in [-0.39, 0.29) is 23.6 Å². The Bertz CT molecular complexity index is 1180. The zero-order valence-electron chi connectivity index (χ0n) is 18.8. The summed E-state index contributed by atoms with van der Waals surface area (Å²) in [4.78, 5) is 42.4. The molecule has 0 atom stereocenters. The van der Waals surface area contributed by atoms with Gasteiger partial charge in [-0.2, -0.15) is 0 Å². The van der Waals surface area contributed by atoms with Crippen molar-refractivity contribution in [2.75, 3.05) is 18.4 Å². The summed E-state index contributed by atoms with van der Waals surface area (Å²) in [5, 5.41) is 7.90. The van der Waals surface area contributed by atoms with Crippen LogP contribution in [0.4, 0.5) is 5.13 Å². The molecular formula is C25H26N4O4S. The van der Waals surface area contributed by atoms with Crippen LogP contribution in [0.25, 0.3) is 17.5 Å². The van der Waals surface area contributed by atoms with Gasteiger partial charge in [0.05, 0.1) is 6.54 Å². The van der Waals surface area contributed by atoms with Gasteiger partial charge in [0.1, 0.15) is 11.5 Å². The number of piperidine rings is 1. The number of carbonyl (C=O) groups is 3.